The topological polar surface area (TPSA) is 26.3 Å². The minimum atomic E-state index is -0.0668. The van der Waals surface area contributed by atoms with Gasteiger partial charge < -0.3 is 4.74 Å². The summed E-state index contributed by atoms with van der Waals surface area (Å²) in [6.45, 7) is 11.4. The third-order valence-corrected chi connectivity index (χ3v) is 4.81. The first kappa shape index (κ1) is 21.5. The van der Waals surface area contributed by atoms with Gasteiger partial charge in [0.25, 0.3) is 0 Å². The van der Waals surface area contributed by atoms with E-state index in [0.717, 1.165) is 30.6 Å². The Labute approximate surface area is 139 Å². The number of rotatable bonds is 13. The fourth-order valence-corrected chi connectivity index (χ4v) is 3.07. The van der Waals surface area contributed by atoms with Gasteiger partial charge in [0, 0.05) is 0 Å². The molecular formula is C20H40O2. The number of carbonyl (C=O) groups is 1. The van der Waals surface area contributed by atoms with Gasteiger partial charge in [0.05, 0.1) is 13.0 Å². The zero-order chi connectivity index (χ0) is 17.0. The lowest BCUT2D eigenvalue weighted by Gasteiger charge is -2.15. The van der Waals surface area contributed by atoms with Crippen LogP contribution in [0.3, 0.4) is 0 Å². The van der Waals surface area contributed by atoms with Gasteiger partial charge in [-0.1, -0.05) is 86.0 Å². The van der Waals surface area contributed by atoms with Crippen molar-refractivity contribution in [3.8, 4) is 0 Å². The Bertz CT molecular complexity index is 273. The quantitative estimate of drug-likeness (QED) is 0.376. The highest BCUT2D eigenvalue weighted by molar-refractivity contribution is 5.71. The van der Waals surface area contributed by atoms with E-state index in [-0.39, 0.29) is 11.9 Å². The van der Waals surface area contributed by atoms with Crippen molar-refractivity contribution in [2.75, 3.05) is 7.11 Å². The highest BCUT2D eigenvalue weighted by Gasteiger charge is 2.13. The average molecular weight is 313 g/mol. The van der Waals surface area contributed by atoms with Gasteiger partial charge in [-0.3, -0.25) is 4.79 Å². The van der Waals surface area contributed by atoms with Crippen molar-refractivity contribution < 1.29 is 9.53 Å². The Balaban J connectivity index is 3.56. The first-order chi connectivity index (χ1) is 10.4. The van der Waals surface area contributed by atoms with E-state index in [0.29, 0.717) is 0 Å². The van der Waals surface area contributed by atoms with Crippen molar-refractivity contribution in [2.45, 2.75) is 92.4 Å². The molecule has 0 unspecified atom stereocenters. The Kier molecular flexibility index (Phi) is 12.6. The Morgan fingerprint density at radius 3 is 1.55 bits per heavy atom. The molecule has 0 aromatic carbocycles. The maximum atomic E-state index is 11.3. The van der Waals surface area contributed by atoms with Gasteiger partial charge >= 0.3 is 5.97 Å². The summed E-state index contributed by atoms with van der Waals surface area (Å²) in [6.07, 6.45) is 11.6. The van der Waals surface area contributed by atoms with Crippen molar-refractivity contribution in [3.05, 3.63) is 0 Å². The normalized spacial score (nSPS) is 15.6. The van der Waals surface area contributed by atoms with E-state index in [2.05, 4.69) is 27.7 Å². The van der Waals surface area contributed by atoms with Crippen LogP contribution in [0.2, 0.25) is 0 Å². The fourth-order valence-electron chi connectivity index (χ4n) is 3.07. The lowest BCUT2D eigenvalue weighted by molar-refractivity contribution is -0.145. The predicted octanol–water partition coefficient (Wildman–Crippen LogP) is 6.23. The van der Waals surface area contributed by atoms with Gasteiger partial charge in [0.1, 0.15) is 0 Å². The molecule has 0 spiro atoms. The van der Waals surface area contributed by atoms with Crippen LogP contribution in [0.4, 0.5) is 0 Å². The monoisotopic (exact) mass is 312 g/mol. The molecule has 0 saturated heterocycles. The summed E-state index contributed by atoms with van der Waals surface area (Å²) in [7, 11) is 1.48. The van der Waals surface area contributed by atoms with Gasteiger partial charge in [-0.2, -0.15) is 0 Å². The summed E-state index contributed by atoms with van der Waals surface area (Å²) in [5.74, 6) is 2.50. The molecule has 0 aliphatic rings. The molecule has 2 nitrogen and oxygen atoms in total. The molecule has 22 heavy (non-hydrogen) atoms. The summed E-state index contributed by atoms with van der Waals surface area (Å²) >= 11 is 0. The van der Waals surface area contributed by atoms with Gasteiger partial charge in [-0.15, -0.1) is 0 Å². The van der Waals surface area contributed by atoms with Crippen molar-refractivity contribution in [1.29, 1.82) is 0 Å². The van der Waals surface area contributed by atoms with E-state index >= 15 is 0 Å². The summed E-state index contributed by atoms with van der Waals surface area (Å²) < 4.78 is 4.77. The molecular weight excluding hydrogens is 272 g/mol. The van der Waals surface area contributed by atoms with E-state index in [9.17, 15) is 4.79 Å². The van der Waals surface area contributed by atoms with E-state index in [1.807, 2.05) is 6.92 Å². The molecule has 0 amide bonds. The molecule has 0 aromatic heterocycles. The van der Waals surface area contributed by atoms with E-state index in [1.54, 1.807) is 0 Å². The molecule has 0 saturated carbocycles. The van der Waals surface area contributed by atoms with E-state index in [1.165, 1.54) is 52.1 Å². The Hall–Kier alpha value is -0.530. The Morgan fingerprint density at radius 1 is 0.727 bits per heavy atom. The maximum Gasteiger partial charge on any atom is 0.308 e. The third-order valence-electron chi connectivity index (χ3n) is 4.81. The third kappa shape index (κ3) is 12.1. The molecule has 0 radical (unpaired) electrons. The second kappa shape index (κ2) is 13.0. The van der Waals surface area contributed by atoms with Crippen LogP contribution in [0.15, 0.2) is 0 Å². The van der Waals surface area contributed by atoms with Crippen molar-refractivity contribution >= 4 is 5.97 Å². The number of methoxy groups -OCH3 is 1. The number of carbonyl (C=O) groups excluding carboxylic acids is 1. The van der Waals surface area contributed by atoms with Crippen LogP contribution in [0, 0.1) is 23.7 Å². The standard InChI is InChI=1S/C20H40O2/c1-16(2)10-7-11-17(3)12-8-13-18(4)14-9-15-19(5)20(21)22-6/h16-19H,7-15H2,1-6H3/t17-,18+,19-/m1/s1. The maximum absolute atomic E-state index is 11.3. The molecule has 0 heterocycles. The van der Waals surface area contributed by atoms with Crippen LogP contribution in [0.25, 0.3) is 0 Å². The second-order valence-corrected chi connectivity index (χ2v) is 7.82. The zero-order valence-corrected chi connectivity index (χ0v) is 16.0. The van der Waals surface area contributed by atoms with Crippen LogP contribution in [0.1, 0.15) is 92.4 Å². The lowest BCUT2D eigenvalue weighted by atomic mass is 9.91. The summed E-state index contributed by atoms with van der Waals surface area (Å²) in [5.41, 5.74) is 0. The minimum Gasteiger partial charge on any atom is -0.469 e. The summed E-state index contributed by atoms with van der Waals surface area (Å²) in [4.78, 5) is 11.3. The molecule has 0 rings (SSSR count). The first-order valence-corrected chi connectivity index (χ1v) is 9.44. The second-order valence-electron chi connectivity index (χ2n) is 7.82. The molecule has 0 fully saturated rings. The molecule has 0 aromatic rings. The van der Waals surface area contributed by atoms with Gasteiger partial charge in [0.15, 0.2) is 0 Å². The van der Waals surface area contributed by atoms with Gasteiger partial charge in [-0.25, -0.2) is 0 Å². The number of esters is 1. The van der Waals surface area contributed by atoms with Crippen LogP contribution in [-0.4, -0.2) is 13.1 Å². The number of hydrogen-bond donors (Lipinski definition) is 0. The van der Waals surface area contributed by atoms with E-state index in [4.69, 9.17) is 4.74 Å². The van der Waals surface area contributed by atoms with Crippen LogP contribution < -0.4 is 0 Å². The van der Waals surface area contributed by atoms with Gasteiger partial charge in [0.2, 0.25) is 0 Å². The van der Waals surface area contributed by atoms with Crippen molar-refractivity contribution in [1.82, 2.24) is 0 Å². The molecule has 132 valence electrons. The Morgan fingerprint density at radius 2 is 1.14 bits per heavy atom. The van der Waals surface area contributed by atoms with Crippen LogP contribution in [0.5, 0.6) is 0 Å². The molecule has 0 N–H and O–H groups in total. The highest BCUT2D eigenvalue weighted by Crippen LogP contribution is 2.22. The van der Waals surface area contributed by atoms with Crippen LogP contribution in [-0.2, 0) is 9.53 Å². The van der Waals surface area contributed by atoms with Crippen LogP contribution >= 0.6 is 0 Å². The first-order valence-electron chi connectivity index (χ1n) is 9.44. The summed E-state index contributed by atoms with van der Waals surface area (Å²) in [6, 6.07) is 0. The SMILES string of the molecule is COC(=O)[C@H](C)CCC[C@@H](C)CCC[C@H](C)CCCC(C)C. The molecule has 0 bridgehead atoms. The molecule has 0 aliphatic carbocycles. The van der Waals surface area contributed by atoms with Gasteiger partial charge in [-0.05, 0) is 24.2 Å². The molecule has 3 atom stereocenters. The largest absolute Gasteiger partial charge is 0.469 e. The van der Waals surface area contributed by atoms with Crippen molar-refractivity contribution in [3.63, 3.8) is 0 Å². The average Bonchev–Trinajstić information content (AvgIpc) is 2.45. The minimum absolute atomic E-state index is 0.0539. The molecule has 2 heteroatoms. The smallest absolute Gasteiger partial charge is 0.308 e. The zero-order valence-electron chi connectivity index (χ0n) is 16.0. The predicted molar refractivity (Wildman–Crippen MR) is 95.9 cm³/mol. The number of hydrogen-bond acceptors (Lipinski definition) is 2. The highest BCUT2D eigenvalue weighted by atomic mass is 16.5. The van der Waals surface area contributed by atoms with E-state index < -0.39 is 0 Å². The lowest BCUT2D eigenvalue weighted by Crippen LogP contribution is -2.12. The van der Waals surface area contributed by atoms with Crippen molar-refractivity contribution in [2.24, 2.45) is 23.7 Å². The fraction of sp³-hybridized carbons (Fsp3) is 0.950. The summed E-state index contributed by atoms with van der Waals surface area (Å²) in [5, 5.41) is 0. The molecule has 0 aliphatic heterocycles. The number of ether oxygens (including phenoxy) is 1.